The minimum Gasteiger partial charge on any atom is -0.370 e. The van der Waals surface area contributed by atoms with Crippen molar-refractivity contribution in [3.63, 3.8) is 0 Å². The number of amides is 5. The molecule has 0 saturated carbocycles. The van der Waals surface area contributed by atoms with Crippen LogP contribution in [-0.4, -0.2) is 40.2 Å². The average Bonchev–Trinajstić information content (AvgIpc) is 3.08. The first-order valence-electron chi connectivity index (χ1n) is 13.4. The predicted molar refractivity (Wildman–Crippen MR) is 150 cm³/mol. The molecule has 5 amide bonds. The van der Waals surface area contributed by atoms with Crippen LogP contribution in [0.1, 0.15) is 89.3 Å². The van der Waals surface area contributed by atoms with Crippen LogP contribution in [0.15, 0.2) is 42.5 Å². The molecule has 0 spiro atoms. The summed E-state index contributed by atoms with van der Waals surface area (Å²) in [6.07, 6.45) is 0.212. The van der Waals surface area contributed by atoms with Gasteiger partial charge in [0.25, 0.3) is 5.91 Å². The molecule has 3 rings (SSSR count). The second-order valence-corrected chi connectivity index (χ2v) is 10.7. The van der Waals surface area contributed by atoms with Gasteiger partial charge in [0.15, 0.2) is 0 Å². The third-order valence-electron chi connectivity index (χ3n) is 7.53. The van der Waals surface area contributed by atoms with Gasteiger partial charge in [0.05, 0.1) is 6.42 Å². The lowest BCUT2D eigenvalue weighted by Gasteiger charge is -2.33. The third kappa shape index (κ3) is 5.17. The molecule has 1 saturated heterocycles. The monoisotopic (exact) mass is 520 g/mol. The smallest absolute Gasteiger partial charge is 0.332 e. The van der Waals surface area contributed by atoms with Gasteiger partial charge in [-0.15, -0.1) is 0 Å². The molecule has 1 aliphatic heterocycles. The van der Waals surface area contributed by atoms with Crippen LogP contribution in [0.3, 0.4) is 0 Å². The fraction of sp³-hybridized carbons (Fsp3) is 0.467. The van der Waals surface area contributed by atoms with E-state index in [1.165, 1.54) is 4.90 Å². The van der Waals surface area contributed by atoms with Gasteiger partial charge in [-0.3, -0.25) is 19.3 Å². The molecule has 1 aliphatic rings. The first kappa shape index (κ1) is 28.9. The van der Waals surface area contributed by atoms with Crippen molar-refractivity contribution < 1.29 is 19.2 Å². The number of para-hydroxylation sites is 1. The zero-order valence-corrected chi connectivity index (χ0v) is 23.5. The predicted octanol–water partition coefficient (Wildman–Crippen LogP) is 5.45. The second-order valence-electron chi connectivity index (χ2n) is 10.7. The number of carbonyl (C=O) groups is 4. The Labute approximate surface area is 225 Å². The van der Waals surface area contributed by atoms with Gasteiger partial charge in [-0.05, 0) is 54.9 Å². The summed E-state index contributed by atoms with van der Waals surface area (Å²) in [5.41, 5.74) is 8.45. The Morgan fingerprint density at radius 1 is 0.921 bits per heavy atom. The SMILES string of the molecule is CCC1(CC)C(=O)N(C(CC(N)=O)C(=O)Nc2c(C(C)C)cccc2C(C)C)C(=O)N1c1ccc(C)cc1. The number of urea groups is 1. The number of hydrogen-bond acceptors (Lipinski definition) is 4. The van der Waals surface area contributed by atoms with E-state index in [9.17, 15) is 19.2 Å². The lowest BCUT2D eigenvalue weighted by molar-refractivity contribution is -0.138. The topological polar surface area (TPSA) is 113 Å². The standard InChI is InChI=1S/C30H40N4O4/c1-8-30(9-2)28(37)33(29(38)34(30)21-15-13-20(7)14-16-21)24(17-25(31)35)27(36)32-26-22(18(3)4)11-10-12-23(26)19(5)6/h10-16,18-19,24H,8-9,17H2,1-7H3,(H2,31,35)(H,32,36). The maximum atomic E-state index is 14.0. The van der Waals surface area contributed by atoms with E-state index in [4.69, 9.17) is 5.73 Å². The Morgan fingerprint density at radius 3 is 1.89 bits per heavy atom. The highest BCUT2D eigenvalue weighted by Gasteiger charge is 2.58. The van der Waals surface area contributed by atoms with Crippen LogP contribution in [0, 0.1) is 6.92 Å². The molecule has 38 heavy (non-hydrogen) atoms. The minimum absolute atomic E-state index is 0.110. The van der Waals surface area contributed by atoms with Crippen LogP contribution < -0.4 is 16.0 Å². The number of anilines is 2. The molecule has 0 aromatic heterocycles. The maximum Gasteiger partial charge on any atom is 0.332 e. The van der Waals surface area contributed by atoms with Gasteiger partial charge >= 0.3 is 6.03 Å². The first-order valence-corrected chi connectivity index (χ1v) is 13.4. The van der Waals surface area contributed by atoms with Crippen molar-refractivity contribution >= 4 is 35.1 Å². The summed E-state index contributed by atoms with van der Waals surface area (Å²) in [6, 6.07) is 11.1. The molecule has 0 radical (unpaired) electrons. The maximum absolute atomic E-state index is 14.0. The van der Waals surface area contributed by atoms with E-state index in [1.807, 2.05) is 78.8 Å². The molecule has 2 aromatic rings. The lowest BCUT2D eigenvalue weighted by Crippen LogP contribution is -2.51. The summed E-state index contributed by atoms with van der Waals surface area (Å²) in [4.78, 5) is 56.4. The van der Waals surface area contributed by atoms with Crippen LogP contribution in [0.5, 0.6) is 0 Å². The normalized spacial score (nSPS) is 15.9. The Morgan fingerprint density at radius 2 is 1.45 bits per heavy atom. The molecular weight excluding hydrogens is 480 g/mol. The summed E-state index contributed by atoms with van der Waals surface area (Å²) in [5, 5.41) is 2.98. The first-order chi connectivity index (χ1) is 17.9. The van der Waals surface area contributed by atoms with Crippen molar-refractivity contribution in [2.45, 2.75) is 91.1 Å². The van der Waals surface area contributed by atoms with Crippen LogP contribution in [0.25, 0.3) is 0 Å². The summed E-state index contributed by atoms with van der Waals surface area (Å²) in [6.45, 7) is 13.7. The average molecular weight is 521 g/mol. The zero-order chi connectivity index (χ0) is 28.4. The van der Waals surface area contributed by atoms with E-state index in [0.717, 1.165) is 21.6 Å². The molecule has 0 bridgehead atoms. The van der Waals surface area contributed by atoms with E-state index < -0.39 is 41.8 Å². The highest BCUT2D eigenvalue weighted by atomic mass is 16.2. The molecule has 8 heteroatoms. The number of imide groups is 1. The largest absolute Gasteiger partial charge is 0.370 e. The highest BCUT2D eigenvalue weighted by Crippen LogP contribution is 2.40. The molecule has 204 valence electrons. The van der Waals surface area contributed by atoms with E-state index in [-0.39, 0.29) is 11.8 Å². The number of nitrogens with one attached hydrogen (secondary N) is 1. The number of carbonyl (C=O) groups excluding carboxylic acids is 4. The number of hydrogen-bond donors (Lipinski definition) is 2. The van der Waals surface area contributed by atoms with Crippen molar-refractivity contribution in [2.75, 3.05) is 10.2 Å². The Bertz CT molecular complexity index is 1190. The highest BCUT2D eigenvalue weighted by molar-refractivity contribution is 6.19. The van der Waals surface area contributed by atoms with Crippen LogP contribution in [0.2, 0.25) is 0 Å². The second kappa shape index (κ2) is 11.4. The Hall–Kier alpha value is -3.68. The molecule has 2 aromatic carbocycles. The molecular formula is C30H40N4O4. The van der Waals surface area contributed by atoms with Gasteiger partial charge in [-0.25, -0.2) is 9.69 Å². The van der Waals surface area contributed by atoms with Crippen molar-refractivity contribution in [1.29, 1.82) is 0 Å². The molecule has 0 aliphatic carbocycles. The number of rotatable bonds is 10. The van der Waals surface area contributed by atoms with E-state index in [1.54, 1.807) is 12.1 Å². The van der Waals surface area contributed by atoms with Gasteiger partial charge in [0, 0.05) is 11.4 Å². The fourth-order valence-electron chi connectivity index (χ4n) is 5.29. The van der Waals surface area contributed by atoms with Crippen LogP contribution in [-0.2, 0) is 14.4 Å². The molecule has 8 nitrogen and oxygen atoms in total. The molecule has 1 heterocycles. The summed E-state index contributed by atoms with van der Waals surface area (Å²) < 4.78 is 0. The van der Waals surface area contributed by atoms with Gasteiger partial charge < -0.3 is 11.1 Å². The summed E-state index contributed by atoms with van der Waals surface area (Å²) in [7, 11) is 0. The summed E-state index contributed by atoms with van der Waals surface area (Å²) >= 11 is 0. The van der Waals surface area contributed by atoms with Crippen LogP contribution in [0.4, 0.5) is 16.2 Å². The molecule has 3 N–H and O–H groups in total. The Balaban J connectivity index is 2.11. The number of nitrogens with two attached hydrogens (primary N) is 1. The minimum atomic E-state index is -1.39. The number of benzene rings is 2. The van der Waals surface area contributed by atoms with Crippen molar-refractivity contribution in [3.8, 4) is 0 Å². The lowest BCUT2D eigenvalue weighted by atomic mass is 9.90. The van der Waals surface area contributed by atoms with Crippen molar-refractivity contribution in [3.05, 3.63) is 59.2 Å². The van der Waals surface area contributed by atoms with Crippen LogP contribution >= 0.6 is 0 Å². The quantitative estimate of drug-likeness (QED) is 0.406. The number of aryl methyl sites for hydroxylation is 1. The van der Waals surface area contributed by atoms with E-state index in [2.05, 4.69) is 5.32 Å². The van der Waals surface area contributed by atoms with Gasteiger partial charge in [-0.1, -0.05) is 77.4 Å². The Kier molecular flexibility index (Phi) is 8.65. The van der Waals surface area contributed by atoms with E-state index in [0.29, 0.717) is 24.2 Å². The number of nitrogens with zero attached hydrogens (tertiary/aromatic N) is 2. The van der Waals surface area contributed by atoms with Gasteiger partial charge in [-0.2, -0.15) is 0 Å². The van der Waals surface area contributed by atoms with Gasteiger partial charge in [0.2, 0.25) is 11.8 Å². The van der Waals surface area contributed by atoms with Crippen molar-refractivity contribution in [2.24, 2.45) is 5.73 Å². The summed E-state index contributed by atoms with van der Waals surface area (Å²) in [5.74, 6) is -1.68. The third-order valence-corrected chi connectivity index (χ3v) is 7.53. The van der Waals surface area contributed by atoms with Crippen molar-refractivity contribution in [1.82, 2.24) is 4.90 Å². The van der Waals surface area contributed by atoms with Gasteiger partial charge in [0.1, 0.15) is 11.6 Å². The number of primary amides is 1. The molecule has 1 fully saturated rings. The zero-order valence-electron chi connectivity index (χ0n) is 23.5. The molecule has 1 unspecified atom stereocenters. The van der Waals surface area contributed by atoms with E-state index >= 15 is 0 Å². The molecule has 1 atom stereocenters. The fourth-order valence-corrected chi connectivity index (χ4v) is 5.29.